The van der Waals surface area contributed by atoms with Gasteiger partial charge in [0.1, 0.15) is 5.01 Å². The van der Waals surface area contributed by atoms with Crippen LogP contribution in [0.15, 0.2) is 23.1 Å². The molecule has 7 nitrogen and oxygen atoms in total. The van der Waals surface area contributed by atoms with Gasteiger partial charge in [0.25, 0.3) is 10.0 Å². The normalized spacial score (nSPS) is 14.7. The van der Waals surface area contributed by atoms with E-state index in [1.165, 1.54) is 12.1 Å². The summed E-state index contributed by atoms with van der Waals surface area (Å²) < 4.78 is 65.3. The molecular formula is C15H15F3N4O3S2. The first-order valence-corrected chi connectivity index (χ1v) is 10.2. The van der Waals surface area contributed by atoms with Gasteiger partial charge in [-0.2, -0.15) is 13.2 Å². The molecule has 2 heterocycles. The van der Waals surface area contributed by atoms with Crippen molar-refractivity contribution in [3.63, 3.8) is 0 Å². The van der Waals surface area contributed by atoms with E-state index in [1.807, 2.05) is 6.92 Å². The fourth-order valence-electron chi connectivity index (χ4n) is 2.66. The lowest BCUT2D eigenvalue weighted by Gasteiger charge is -2.29. The summed E-state index contributed by atoms with van der Waals surface area (Å²) in [6.45, 7) is 1.49. The third kappa shape index (κ3) is 4.21. The Morgan fingerprint density at radius 2 is 2.04 bits per heavy atom. The van der Waals surface area contributed by atoms with Gasteiger partial charge in [-0.1, -0.05) is 24.3 Å². The van der Waals surface area contributed by atoms with Crippen LogP contribution in [0.4, 0.5) is 18.3 Å². The average molecular weight is 420 g/mol. The number of carbonyl (C=O) groups excluding carboxylic acids is 1. The van der Waals surface area contributed by atoms with Crippen molar-refractivity contribution in [1.82, 2.24) is 15.1 Å². The number of fused-ring (bicyclic) bond motifs is 1. The van der Waals surface area contributed by atoms with Crippen molar-refractivity contribution in [2.75, 3.05) is 11.3 Å². The van der Waals surface area contributed by atoms with Gasteiger partial charge in [-0.05, 0) is 36.1 Å². The van der Waals surface area contributed by atoms with E-state index in [2.05, 4.69) is 14.9 Å². The Morgan fingerprint density at radius 1 is 1.30 bits per heavy atom. The molecule has 0 bridgehead atoms. The summed E-state index contributed by atoms with van der Waals surface area (Å²) in [5.41, 5.74) is 1.08. The molecule has 1 aromatic heterocycles. The van der Waals surface area contributed by atoms with E-state index in [4.69, 9.17) is 0 Å². The SMILES string of the molecule is CCc1nnc(NS(=O)(=O)c2ccc3c(c2)CN(C(=O)C(F)(F)F)CC3)s1. The lowest BCUT2D eigenvalue weighted by atomic mass is 10.00. The standard InChI is InChI=1S/C15H15F3N4O3S2/c1-2-12-19-20-14(26-12)21-27(24,25)11-4-3-9-5-6-22(8-10(9)7-11)13(23)15(16,17)18/h3-4,7H,2,5-6,8H2,1H3,(H,20,21). The maximum Gasteiger partial charge on any atom is 0.471 e. The smallest absolute Gasteiger partial charge is 0.330 e. The number of aryl methyl sites for hydroxylation is 1. The second-order valence-electron chi connectivity index (χ2n) is 5.86. The molecule has 27 heavy (non-hydrogen) atoms. The van der Waals surface area contributed by atoms with Gasteiger partial charge in [0, 0.05) is 13.1 Å². The van der Waals surface area contributed by atoms with Crippen molar-refractivity contribution in [3.05, 3.63) is 34.3 Å². The zero-order valence-corrected chi connectivity index (χ0v) is 15.7. The number of alkyl halides is 3. The van der Waals surface area contributed by atoms with Gasteiger partial charge in [-0.3, -0.25) is 9.52 Å². The summed E-state index contributed by atoms with van der Waals surface area (Å²) in [6, 6.07) is 4.22. The van der Waals surface area contributed by atoms with E-state index in [1.54, 1.807) is 6.07 Å². The zero-order chi connectivity index (χ0) is 19.8. The number of halogens is 3. The zero-order valence-electron chi connectivity index (χ0n) is 14.1. The van der Waals surface area contributed by atoms with Crippen LogP contribution in [0, 0.1) is 0 Å². The first-order chi connectivity index (χ1) is 12.6. The third-order valence-electron chi connectivity index (χ3n) is 4.02. The first kappa shape index (κ1) is 19.5. The number of anilines is 1. The molecule has 1 aromatic carbocycles. The molecule has 0 spiro atoms. The molecule has 2 aromatic rings. The lowest BCUT2D eigenvalue weighted by molar-refractivity contribution is -0.186. The summed E-state index contributed by atoms with van der Waals surface area (Å²) >= 11 is 1.10. The molecule has 0 unspecified atom stereocenters. The lowest BCUT2D eigenvalue weighted by Crippen LogP contribution is -2.43. The molecule has 0 saturated heterocycles. The average Bonchev–Trinajstić information content (AvgIpc) is 3.06. The van der Waals surface area contributed by atoms with Crippen LogP contribution >= 0.6 is 11.3 Å². The van der Waals surface area contributed by atoms with E-state index < -0.39 is 22.1 Å². The molecule has 0 aliphatic carbocycles. The summed E-state index contributed by atoms with van der Waals surface area (Å²) in [4.78, 5) is 12.0. The van der Waals surface area contributed by atoms with Crippen molar-refractivity contribution >= 4 is 32.4 Å². The summed E-state index contributed by atoms with van der Waals surface area (Å²) in [5, 5.41) is 8.35. The van der Waals surface area contributed by atoms with Crippen LogP contribution in [0.1, 0.15) is 23.1 Å². The molecule has 12 heteroatoms. The second-order valence-corrected chi connectivity index (χ2v) is 8.61. The molecule has 1 aliphatic heterocycles. The van der Waals surface area contributed by atoms with Gasteiger partial charge in [-0.25, -0.2) is 8.42 Å². The van der Waals surface area contributed by atoms with Gasteiger partial charge < -0.3 is 4.90 Å². The number of hydrogen-bond donors (Lipinski definition) is 1. The van der Waals surface area contributed by atoms with E-state index >= 15 is 0 Å². The minimum absolute atomic E-state index is 0.0692. The Hall–Kier alpha value is -2.21. The van der Waals surface area contributed by atoms with Gasteiger partial charge in [0.05, 0.1) is 4.90 Å². The number of nitrogens with zero attached hydrogens (tertiary/aromatic N) is 3. The van der Waals surface area contributed by atoms with Gasteiger partial charge in [0.2, 0.25) is 5.13 Å². The number of sulfonamides is 1. The number of rotatable bonds is 4. The van der Waals surface area contributed by atoms with Crippen LogP contribution in [-0.2, 0) is 34.2 Å². The highest BCUT2D eigenvalue weighted by molar-refractivity contribution is 7.93. The highest BCUT2D eigenvalue weighted by Gasteiger charge is 2.43. The van der Waals surface area contributed by atoms with Crippen LogP contribution in [0.5, 0.6) is 0 Å². The molecule has 3 rings (SSSR count). The van der Waals surface area contributed by atoms with Crippen molar-refractivity contribution in [2.45, 2.75) is 37.4 Å². The van der Waals surface area contributed by atoms with Crippen molar-refractivity contribution in [2.24, 2.45) is 0 Å². The largest absolute Gasteiger partial charge is 0.471 e. The van der Waals surface area contributed by atoms with Crippen LogP contribution < -0.4 is 4.72 Å². The maximum absolute atomic E-state index is 12.6. The number of hydrogen-bond acceptors (Lipinski definition) is 6. The van der Waals surface area contributed by atoms with Gasteiger partial charge in [0.15, 0.2) is 0 Å². The summed E-state index contributed by atoms with van der Waals surface area (Å²) in [7, 11) is -3.98. The van der Waals surface area contributed by atoms with Crippen LogP contribution in [0.2, 0.25) is 0 Å². The Labute approximate surface area is 157 Å². The molecule has 1 N–H and O–H groups in total. The van der Waals surface area contributed by atoms with Crippen molar-refractivity contribution in [3.8, 4) is 0 Å². The highest BCUT2D eigenvalue weighted by Crippen LogP contribution is 2.27. The number of nitrogens with one attached hydrogen (secondary N) is 1. The van der Waals surface area contributed by atoms with Crippen LogP contribution in [0.25, 0.3) is 0 Å². The molecule has 0 atom stereocenters. The van der Waals surface area contributed by atoms with Gasteiger partial charge >= 0.3 is 12.1 Å². The highest BCUT2D eigenvalue weighted by atomic mass is 32.2. The molecule has 0 radical (unpaired) electrons. The van der Waals surface area contributed by atoms with Gasteiger partial charge in [-0.15, -0.1) is 10.2 Å². The number of carbonyl (C=O) groups is 1. The van der Waals surface area contributed by atoms with Crippen LogP contribution in [0.3, 0.4) is 0 Å². The minimum Gasteiger partial charge on any atom is -0.330 e. The number of aromatic nitrogens is 2. The first-order valence-electron chi connectivity index (χ1n) is 7.93. The third-order valence-corrected chi connectivity index (χ3v) is 6.47. The summed E-state index contributed by atoms with van der Waals surface area (Å²) in [6.07, 6.45) is -4.12. The van der Waals surface area contributed by atoms with Crippen LogP contribution in [-0.4, -0.2) is 42.1 Å². The Kier molecular flexibility index (Phi) is 5.12. The molecule has 1 amide bonds. The Morgan fingerprint density at radius 3 is 2.67 bits per heavy atom. The predicted molar refractivity (Wildman–Crippen MR) is 91.7 cm³/mol. The topological polar surface area (TPSA) is 92.3 Å². The summed E-state index contributed by atoms with van der Waals surface area (Å²) in [5.74, 6) is -1.93. The van der Waals surface area contributed by atoms with E-state index in [9.17, 15) is 26.4 Å². The van der Waals surface area contributed by atoms with Crippen molar-refractivity contribution < 1.29 is 26.4 Å². The quantitative estimate of drug-likeness (QED) is 0.820. The fourth-order valence-corrected chi connectivity index (χ4v) is 4.62. The molecule has 0 fully saturated rings. The Bertz CT molecular complexity index is 973. The predicted octanol–water partition coefficient (Wildman–Crippen LogP) is 2.35. The van der Waals surface area contributed by atoms with Crippen molar-refractivity contribution in [1.29, 1.82) is 0 Å². The molecule has 0 saturated carbocycles. The molecule has 1 aliphatic rings. The second kappa shape index (κ2) is 7.08. The molecule has 146 valence electrons. The monoisotopic (exact) mass is 420 g/mol. The van der Waals surface area contributed by atoms with E-state index in [-0.39, 0.29) is 29.5 Å². The van der Waals surface area contributed by atoms with E-state index in [0.717, 1.165) is 11.3 Å². The minimum atomic E-state index is -4.96. The number of amides is 1. The fraction of sp³-hybridized carbons (Fsp3) is 0.400. The van der Waals surface area contributed by atoms with E-state index in [0.29, 0.717) is 27.5 Å². The Balaban J connectivity index is 1.84. The maximum atomic E-state index is 12.6. The molecular weight excluding hydrogens is 405 g/mol. The number of benzene rings is 1.